The molecule has 2 aromatic heterocycles. The molecule has 0 aliphatic heterocycles. The van der Waals surface area contributed by atoms with Crippen molar-refractivity contribution in [3.05, 3.63) is 17.0 Å². The van der Waals surface area contributed by atoms with Gasteiger partial charge in [0.15, 0.2) is 11.0 Å². The lowest BCUT2D eigenvalue weighted by Crippen LogP contribution is -2.08. The minimum Gasteiger partial charge on any atom is -0.382 e. The van der Waals surface area contributed by atoms with Crippen LogP contribution >= 0.6 is 27.7 Å². The Bertz CT molecular complexity index is 529. The first-order valence-corrected chi connectivity index (χ1v) is 6.46. The molecule has 0 aliphatic rings. The summed E-state index contributed by atoms with van der Waals surface area (Å²) in [5.41, 5.74) is 6.65. The third kappa shape index (κ3) is 2.17. The lowest BCUT2D eigenvalue weighted by molar-refractivity contribution is 0.790. The number of rotatable bonds is 1. The van der Waals surface area contributed by atoms with Crippen LogP contribution in [-0.4, -0.2) is 19.1 Å². The maximum absolute atomic E-state index is 5.82. The molecule has 0 saturated heterocycles. The van der Waals surface area contributed by atoms with Gasteiger partial charge in [-0.3, -0.25) is 4.40 Å². The summed E-state index contributed by atoms with van der Waals surface area (Å²) in [6.07, 6.45) is 3.56. The molecule has 4 nitrogen and oxygen atoms in total. The summed E-state index contributed by atoms with van der Waals surface area (Å²) in [7, 11) is 0. The molecule has 2 aromatic rings. The summed E-state index contributed by atoms with van der Waals surface area (Å²) in [5, 5.41) is 0.920. The monoisotopic (exact) mass is 300 g/mol. The highest BCUT2D eigenvalue weighted by molar-refractivity contribution is 9.10. The number of nitrogens with zero attached hydrogens (tertiary/aromatic N) is 3. The molecule has 6 heteroatoms. The van der Waals surface area contributed by atoms with Crippen molar-refractivity contribution in [3.8, 4) is 0 Å². The Hall–Kier alpha value is -0.750. The van der Waals surface area contributed by atoms with Crippen molar-refractivity contribution in [1.29, 1.82) is 0 Å². The Kier molecular flexibility index (Phi) is 2.88. The minimum absolute atomic E-state index is 0.110. The number of anilines is 1. The fraction of sp³-hybridized carbons (Fsp3) is 0.400. The zero-order valence-corrected chi connectivity index (χ0v) is 11.8. The van der Waals surface area contributed by atoms with E-state index in [1.54, 1.807) is 18.0 Å². The summed E-state index contributed by atoms with van der Waals surface area (Å²) in [6, 6.07) is 0. The van der Waals surface area contributed by atoms with Crippen molar-refractivity contribution in [2.45, 2.75) is 30.7 Å². The standard InChI is InChI=1S/C10H13BrN4S/c1-10(2,3)16-9-14-7(11)6-8(12)13-4-5-15(6)9/h4-5H,1-3H3,(H2,12,13). The molecule has 0 spiro atoms. The smallest absolute Gasteiger partial charge is 0.174 e. The van der Waals surface area contributed by atoms with Crippen molar-refractivity contribution in [3.63, 3.8) is 0 Å². The summed E-state index contributed by atoms with van der Waals surface area (Å²) in [5.74, 6) is 0.489. The van der Waals surface area contributed by atoms with Gasteiger partial charge in [0, 0.05) is 17.1 Å². The zero-order chi connectivity index (χ0) is 11.9. The van der Waals surface area contributed by atoms with Gasteiger partial charge in [0.1, 0.15) is 10.1 Å². The SMILES string of the molecule is CC(C)(C)Sc1nc(Br)c2c(N)nccn12. The van der Waals surface area contributed by atoms with Crippen molar-refractivity contribution < 1.29 is 0 Å². The Morgan fingerprint density at radius 2 is 2.12 bits per heavy atom. The van der Waals surface area contributed by atoms with Crippen LogP contribution in [0.25, 0.3) is 5.52 Å². The van der Waals surface area contributed by atoms with E-state index in [0.717, 1.165) is 15.3 Å². The van der Waals surface area contributed by atoms with Crippen molar-refractivity contribution >= 4 is 39.0 Å². The molecule has 2 N–H and O–H groups in total. The number of nitrogen functional groups attached to an aromatic ring is 1. The quantitative estimate of drug-likeness (QED) is 0.823. The van der Waals surface area contributed by atoms with Crippen LogP contribution < -0.4 is 5.73 Å². The van der Waals surface area contributed by atoms with Gasteiger partial charge in [-0.2, -0.15) is 0 Å². The molecular formula is C10H13BrN4S. The van der Waals surface area contributed by atoms with Crippen molar-refractivity contribution in [2.24, 2.45) is 0 Å². The number of halogens is 1. The Balaban J connectivity index is 2.60. The van der Waals surface area contributed by atoms with Crippen LogP contribution in [0.15, 0.2) is 22.2 Å². The maximum atomic E-state index is 5.82. The van der Waals surface area contributed by atoms with Gasteiger partial charge in [-0.1, -0.05) is 32.5 Å². The van der Waals surface area contributed by atoms with E-state index in [4.69, 9.17) is 5.73 Å². The molecule has 16 heavy (non-hydrogen) atoms. The Labute approximate surface area is 107 Å². The number of hydrogen-bond donors (Lipinski definition) is 1. The van der Waals surface area contributed by atoms with E-state index >= 15 is 0 Å². The van der Waals surface area contributed by atoms with Crippen LogP contribution in [0, 0.1) is 0 Å². The van der Waals surface area contributed by atoms with Crippen LogP contribution in [-0.2, 0) is 0 Å². The summed E-state index contributed by atoms with van der Waals surface area (Å²) in [4.78, 5) is 8.51. The maximum Gasteiger partial charge on any atom is 0.174 e. The van der Waals surface area contributed by atoms with Crippen LogP contribution in [0.2, 0.25) is 0 Å². The van der Waals surface area contributed by atoms with Crippen molar-refractivity contribution in [2.75, 3.05) is 5.73 Å². The number of aromatic nitrogens is 3. The molecule has 2 rings (SSSR count). The predicted molar refractivity (Wildman–Crippen MR) is 70.7 cm³/mol. The van der Waals surface area contributed by atoms with Crippen LogP contribution in [0.4, 0.5) is 5.82 Å². The van der Waals surface area contributed by atoms with Crippen LogP contribution in [0.1, 0.15) is 20.8 Å². The average Bonchev–Trinajstić information content (AvgIpc) is 2.42. The first-order chi connectivity index (χ1) is 7.38. The molecule has 2 heterocycles. The summed E-state index contributed by atoms with van der Waals surface area (Å²) < 4.78 is 2.81. The second-order valence-corrected chi connectivity index (χ2v) is 6.98. The number of thioether (sulfide) groups is 1. The minimum atomic E-state index is 0.110. The lowest BCUT2D eigenvalue weighted by atomic mass is 10.3. The fourth-order valence-corrected chi connectivity index (χ4v) is 2.96. The van der Waals surface area contributed by atoms with Crippen LogP contribution in [0.5, 0.6) is 0 Å². The van der Waals surface area contributed by atoms with E-state index < -0.39 is 0 Å². The van der Waals surface area contributed by atoms with E-state index in [0.29, 0.717) is 5.82 Å². The van der Waals surface area contributed by atoms with E-state index in [1.165, 1.54) is 0 Å². The Morgan fingerprint density at radius 3 is 2.75 bits per heavy atom. The molecule has 0 bridgehead atoms. The predicted octanol–water partition coefficient (Wildman–Crippen LogP) is 2.96. The average molecular weight is 301 g/mol. The van der Waals surface area contributed by atoms with Gasteiger partial charge < -0.3 is 5.73 Å². The van der Waals surface area contributed by atoms with E-state index in [1.807, 2.05) is 10.6 Å². The molecule has 0 aromatic carbocycles. The molecule has 0 aliphatic carbocycles. The number of nitrogens with two attached hydrogens (primary N) is 1. The molecule has 0 amide bonds. The molecule has 0 radical (unpaired) electrons. The first kappa shape index (κ1) is 11.7. The van der Waals surface area contributed by atoms with Gasteiger partial charge in [0.05, 0.1) is 0 Å². The van der Waals surface area contributed by atoms with Crippen molar-refractivity contribution in [1.82, 2.24) is 14.4 Å². The second-order valence-electron chi connectivity index (χ2n) is 4.43. The number of imidazole rings is 1. The molecular weight excluding hydrogens is 288 g/mol. The molecule has 0 saturated carbocycles. The van der Waals surface area contributed by atoms with Gasteiger partial charge in [0.25, 0.3) is 0 Å². The second kappa shape index (κ2) is 3.92. The topological polar surface area (TPSA) is 56.2 Å². The lowest BCUT2D eigenvalue weighted by Gasteiger charge is -2.15. The molecule has 86 valence electrons. The first-order valence-electron chi connectivity index (χ1n) is 4.85. The van der Waals surface area contributed by atoms with E-state index in [9.17, 15) is 0 Å². The highest BCUT2D eigenvalue weighted by Gasteiger charge is 2.19. The van der Waals surface area contributed by atoms with Gasteiger partial charge in [-0.15, -0.1) is 0 Å². The van der Waals surface area contributed by atoms with E-state index in [-0.39, 0.29) is 4.75 Å². The van der Waals surface area contributed by atoms with Gasteiger partial charge in [0.2, 0.25) is 0 Å². The third-order valence-corrected chi connectivity index (χ3v) is 3.54. The molecule has 0 atom stereocenters. The normalized spacial score (nSPS) is 12.2. The highest BCUT2D eigenvalue weighted by atomic mass is 79.9. The van der Waals surface area contributed by atoms with E-state index in [2.05, 4.69) is 46.7 Å². The third-order valence-electron chi connectivity index (χ3n) is 1.91. The van der Waals surface area contributed by atoms with Gasteiger partial charge in [-0.25, -0.2) is 9.97 Å². The largest absolute Gasteiger partial charge is 0.382 e. The number of fused-ring (bicyclic) bond motifs is 1. The van der Waals surface area contributed by atoms with Gasteiger partial charge in [-0.05, 0) is 15.9 Å². The van der Waals surface area contributed by atoms with Crippen LogP contribution in [0.3, 0.4) is 0 Å². The summed E-state index contributed by atoms with van der Waals surface area (Å²) in [6.45, 7) is 6.45. The fourth-order valence-electron chi connectivity index (χ4n) is 1.34. The van der Waals surface area contributed by atoms with Gasteiger partial charge >= 0.3 is 0 Å². The molecule has 0 unspecified atom stereocenters. The number of hydrogen-bond acceptors (Lipinski definition) is 4. The highest BCUT2D eigenvalue weighted by Crippen LogP contribution is 2.34. The summed E-state index contributed by atoms with van der Waals surface area (Å²) >= 11 is 5.11. The molecule has 0 fully saturated rings. The Morgan fingerprint density at radius 1 is 1.44 bits per heavy atom. The zero-order valence-electron chi connectivity index (χ0n) is 9.36.